The quantitative estimate of drug-likeness (QED) is 0.339. The molecule has 1 aliphatic heterocycles. The first-order valence-corrected chi connectivity index (χ1v) is 10.8. The summed E-state index contributed by atoms with van der Waals surface area (Å²) in [4.78, 5) is 17.2. The Morgan fingerprint density at radius 1 is 1.31 bits per heavy atom. The molecule has 168 valence electrons. The number of aryl methyl sites for hydroxylation is 1. The normalized spacial score (nSPS) is 18.0. The summed E-state index contributed by atoms with van der Waals surface area (Å²) in [5.74, 6) is -0.878. The van der Waals surface area contributed by atoms with Crippen molar-refractivity contribution in [2.45, 2.75) is 25.4 Å². The fourth-order valence-corrected chi connectivity index (χ4v) is 4.29. The number of anilines is 1. The van der Waals surface area contributed by atoms with Crippen LogP contribution in [-0.4, -0.2) is 33.9 Å². The van der Waals surface area contributed by atoms with Gasteiger partial charge in [-0.1, -0.05) is 11.6 Å². The molecule has 1 saturated heterocycles. The minimum absolute atomic E-state index is 0.0488. The van der Waals surface area contributed by atoms with Gasteiger partial charge in [-0.25, -0.2) is 9.67 Å². The summed E-state index contributed by atoms with van der Waals surface area (Å²) in [6.45, 7) is 1.80. The highest BCUT2D eigenvalue weighted by atomic mass is 127. The van der Waals surface area contributed by atoms with Crippen LogP contribution in [0.15, 0.2) is 36.5 Å². The maximum absolute atomic E-state index is 13.4. The lowest BCUT2D eigenvalue weighted by Crippen LogP contribution is -2.20. The molecule has 2 N–H and O–H groups in total. The van der Waals surface area contributed by atoms with E-state index < -0.39 is 17.8 Å². The highest BCUT2D eigenvalue weighted by Gasteiger charge is 2.41. The van der Waals surface area contributed by atoms with Crippen molar-refractivity contribution in [1.82, 2.24) is 20.1 Å². The lowest BCUT2D eigenvalue weighted by Gasteiger charge is -2.14. The number of nitrogens with zero attached hydrogens (tertiary/aromatic N) is 3. The van der Waals surface area contributed by atoms with Gasteiger partial charge in [-0.15, -0.1) is 0 Å². The predicted molar refractivity (Wildman–Crippen MR) is 120 cm³/mol. The molecular formula is C20H16ClF3IN5O2. The number of pyridine rings is 1. The van der Waals surface area contributed by atoms with Crippen LogP contribution in [0.3, 0.4) is 0 Å². The summed E-state index contributed by atoms with van der Waals surface area (Å²) in [6.07, 6.45) is -3.91. The molecule has 4 rings (SSSR count). The highest BCUT2D eigenvalue weighted by Crippen LogP contribution is 2.42. The zero-order chi connectivity index (χ0) is 23.2. The molecule has 3 heterocycles. The standard InChI is InChI=1S/C20H16ClF3IN5O2/c1-9-6-10(25)7-11(16-19(26-2)32-16)15(9)28-18(31)13-8-14(20(22,23)24)29-30(13)17-12(21)4-3-5-27-17/h3-8,16,19,26H,1-2H3,(H,28,31). The van der Waals surface area contributed by atoms with Gasteiger partial charge in [0.1, 0.15) is 18.0 Å². The smallest absolute Gasteiger partial charge is 0.348 e. The van der Waals surface area contributed by atoms with Crippen LogP contribution in [0.4, 0.5) is 18.9 Å². The first-order valence-electron chi connectivity index (χ1n) is 9.32. The number of halogens is 5. The van der Waals surface area contributed by atoms with E-state index in [4.69, 9.17) is 16.3 Å². The van der Waals surface area contributed by atoms with Gasteiger partial charge in [0, 0.05) is 21.4 Å². The van der Waals surface area contributed by atoms with Crippen molar-refractivity contribution < 1.29 is 22.7 Å². The van der Waals surface area contributed by atoms with Gasteiger partial charge in [0.15, 0.2) is 11.5 Å². The monoisotopic (exact) mass is 577 g/mol. The van der Waals surface area contributed by atoms with E-state index in [-0.39, 0.29) is 28.9 Å². The molecule has 7 nitrogen and oxygen atoms in total. The van der Waals surface area contributed by atoms with E-state index in [1.165, 1.54) is 18.3 Å². The van der Waals surface area contributed by atoms with Gasteiger partial charge < -0.3 is 10.1 Å². The minimum atomic E-state index is -4.76. The number of ether oxygens (including phenoxy) is 1. The summed E-state index contributed by atoms with van der Waals surface area (Å²) < 4.78 is 47.4. The van der Waals surface area contributed by atoms with E-state index in [0.717, 1.165) is 19.4 Å². The van der Waals surface area contributed by atoms with Crippen molar-refractivity contribution in [3.05, 3.63) is 67.6 Å². The Bertz CT molecular complexity index is 1200. The van der Waals surface area contributed by atoms with Crippen molar-refractivity contribution >= 4 is 45.8 Å². The Hall–Kier alpha value is -2.22. The van der Waals surface area contributed by atoms with Gasteiger partial charge in [0.05, 0.1) is 10.7 Å². The predicted octanol–water partition coefficient (Wildman–Crippen LogP) is 4.72. The van der Waals surface area contributed by atoms with Gasteiger partial charge in [-0.2, -0.15) is 18.3 Å². The van der Waals surface area contributed by atoms with Crippen LogP contribution in [0.1, 0.15) is 33.4 Å². The second kappa shape index (κ2) is 8.61. The number of likely N-dealkylation sites (N-methyl/N-ethyl adjacent to an activating group) is 1. The third-order valence-electron chi connectivity index (χ3n) is 4.82. The molecule has 2 aromatic heterocycles. The fraction of sp³-hybridized carbons (Fsp3) is 0.250. The molecule has 0 spiro atoms. The zero-order valence-corrected chi connectivity index (χ0v) is 19.6. The molecule has 1 aliphatic rings. The zero-order valence-electron chi connectivity index (χ0n) is 16.7. The number of rotatable bonds is 5. The molecule has 3 aromatic rings. The number of nitrogens with one attached hydrogen (secondary N) is 2. The van der Waals surface area contributed by atoms with Crippen LogP contribution in [0.25, 0.3) is 5.82 Å². The summed E-state index contributed by atoms with van der Waals surface area (Å²) in [5.41, 5.74) is 0.337. The maximum Gasteiger partial charge on any atom is 0.435 e. The molecule has 0 radical (unpaired) electrons. The number of aromatic nitrogens is 3. The molecule has 12 heteroatoms. The number of hydrogen-bond acceptors (Lipinski definition) is 5. The first-order chi connectivity index (χ1) is 15.1. The number of epoxide rings is 1. The van der Waals surface area contributed by atoms with Crippen molar-refractivity contribution in [3.63, 3.8) is 0 Å². The SMILES string of the molecule is CNC1OC1c1cc(I)cc(C)c1NC(=O)c1cc(C(F)(F)F)nn1-c1ncccc1Cl. The molecule has 1 fully saturated rings. The van der Waals surface area contributed by atoms with Crippen molar-refractivity contribution in [2.24, 2.45) is 0 Å². The van der Waals surface area contributed by atoms with Crippen LogP contribution >= 0.6 is 34.2 Å². The van der Waals surface area contributed by atoms with E-state index in [1.54, 1.807) is 14.0 Å². The van der Waals surface area contributed by atoms with Crippen molar-refractivity contribution in [1.29, 1.82) is 0 Å². The maximum atomic E-state index is 13.4. The van der Waals surface area contributed by atoms with E-state index >= 15 is 0 Å². The molecule has 1 amide bonds. The second-order valence-corrected chi connectivity index (χ2v) is 8.69. The summed E-state index contributed by atoms with van der Waals surface area (Å²) in [5, 5.41) is 9.33. The fourth-order valence-electron chi connectivity index (χ4n) is 3.29. The lowest BCUT2D eigenvalue weighted by atomic mass is 10.0. The van der Waals surface area contributed by atoms with Crippen molar-refractivity contribution in [3.8, 4) is 5.82 Å². The lowest BCUT2D eigenvalue weighted by molar-refractivity contribution is -0.141. The van der Waals surface area contributed by atoms with E-state index in [1.807, 2.05) is 12.1 Å². The molecule has 0 saturated carbocycles. The molecule has 32 heavy (non-hydrogen) atoms. The van der Waals surface area contributed by atoms with Crippen LogP contribution in [0.5, 0.6) is 0 Å². The van der Waals surface area contributed by atoms with Crippen molar-refractivity contribution in [2.75, 3.05) is 12.4 Å². The Kier molecular flexibility index (Phi) is 6.18. The number of hydrogen-bond donors (Lipinski definition) is 2. The van der Waals surface area contributed by atoms with Gasteiger partial charge >= 0.3 is 6.18 Å². The molecule has 0 aliphatic carbocycles. The molecular weight excluding hydrogens is 562 g/mol. The minimum Gasteiger partial charge on any atom is -0.348 e. The molecule has 1 aromatic carbocycles. The van der Waals surface area contributed by atoms with Crippen LogP contribution in [0, 0.1) is 10.5 Å². The number of carbonyl (C=O) groups excluding carboxylic acids is 1. The third-order valence-corrected chi connectivity index (χ3v) is 5.74. The van der Waals surface area contributed by atoms with Gasteiger partial charge in [0.25, 0.3) is 5.91 Å². The molecule has 2 atom stereocenters. The Balaban J connectivity index is 1.77. The number of amides is 1. The number of benzene rings is 1. The topological polar surface area (TPSA) is 84.4 Å². The van der Waals surface area contributed by atoms with E-state index in [9.17, 15) is 18.0 Å². The Morgan fingerprint density at radius 2 is 2.06 bits per heavy atom. The van der Waals surface area contributed by atoms with Crippen LogP contribution in [-0.2, 0) is 10.9 Å². The van der Waals surface area contributed by atoms with Crippen LogP contribution < -0.4 is 10.6 Å². The first kappa shape index (κ1) is 23.0. The highest BCUT2D eigenvalue weighted by molar-refractivity contribution is 14.1. The average Bonchev–Trinajstić information content (AvgIpc) is 3.37. The number of carbonyl (C=O) groups is 1. The largest absolute Gasteiger partial charge is 0.435 e. The van der Waals surface area contributed by atoms with Gasteiger partial charge in [-0.3, -0.25) is 10.1 Å². The summed E-state index contributed by atoms with van der Waals surface area (Å²) in [6, 6.07) is 7.36. The third kappa shape index (κ3) is 4.47. The average molecular weight is 578 g/mol. The second-order valence-electron chi connectivity index (χ2n) is 7.04. The molecule has 2 unspecified atom stereocenters. The Labute approximate surface area is 199 Å². The Morgan fingerprint density at radius 3 is 2.69 bits per heavy atom. The van der Waals surface area contributed by atoms with E-state index in [2.05, 4.69) is 43.3 Å². The van der Waals surface area contributed by atoms with E-state index in [0.29, 0.717) is 11.8 Å². The summed E-state index contributed by atoms with van der Waals surface area (Å²) in [7, 11) is 1.75. The number of alkyl halides is 3. The molecule has 0 bridgehead atoms. The van der Waals surface area contributed by atoms with Gasteiger partial charge in [0.2, 0.25) is 0 Å². The van der Waals surface area contributed by atoms with Gasteiger partial charge in [-0.05, 0) is 66.4 Å². The van der Waals surface area contributed by atoms with Crippen LogP contribution in [0.2, 0.25) is 5.02 Å². The summed E-state index contributed by atoms with van der Waals surface area (Å²) >= 11 is 8.26.